The van der Waals surface area contributed by atoms with Gasteiger partial charge in [-0.1, -0.05) is 18.9 Å². The molecule has 1 nitrogen and oxygen atoms in total. The van der Waals surface area contributed by atoms with Crippen molar-refractivity contribution in [1.29, 1.82) is 0 Å². The molecule has 2 rings (SSSR count). The summed E-state index contributed by atoms with van der Waals surface area (Å²) in [4.78, 5) is 0. The van der Waals surface area contributed by atoms with Gasteiger partial charge in [-0.3, -0.25) is 0 Å². The van der Waals surface area contributed by atoms with Gasteiger partial charge in [0.2, 0.25) is 0 Å². The Morgan fingerprint density at radius 1 is 1.13 bits per heavy atom. The lowest BCUT2D eigenvalue weighted by Crippen LogP contribution is -2.34. The summed E-state index contributed by atoms with van der Waals surface area (Å²) in [6, 6.07) is 3.54. The van der Waals surface area contributed by atoms with E-state index in [1.165, 1.54) is 12.8 Å². The molecule has 1 aliphatic carbocycles. The van der Waals surface area contributed by atoms with Crippen LogP contribution < -0.4 is 5.73 Å². The summed E-state index contributed by atoms with van der Waals surface area (Å²) in [6.07, 6.45) is 4.43. The first kappa shape index (κ1) is 10.6. The number of benzene rings is 1. The van der Waals surface area contributed by atoms with Gasteiger partial charge in [0.05, 0.1) is 0 Å². The minimum Gasteiger partial charge on any atom is -0.321 e. The topological polar surface area (TPSA) is 26.0 Å². The summed E-state index contributed by atoms with van der Waals surface area (Å²) in [6.45, 7) is 3.75. The SMILES string of the molecule is Cc1cc(C2(N)CCCC2)c(C)cc1F. The zero-order valence-corrected chi connectivity index (χ0v) is 9.44. The minimum absolute atomic E-state index is 0.127. The van der Waals surface area contributed by atoms with Crippen molar-refractivity contribution in [3.05, 3.63) is 34.6 Å². The Kier molecular flexibility index (Phi) is 2.55. The molecule has 2 N–H and O–H groups in total. The molecule has 1 fully saturated rings. The maximum Gasteiger partial charge on any atom is 0.126 e. The number of hydrogen-bond acceptors (Lipinski definition) is 1. The fraction of sp³-hybridized carbons (Fsp3) is 0.538. The van der Waals surface area contributed by atoms with E-state index in [4.69, 9.17) is 5.73 Å². The van der Waals surface area contributed by atoms with Gasteiger partial charge in [-0.25, -0.2) is 4.39 Å². The van der Waals surface area contributed by atoms with Gasteiger partial charge in [-0.2, -0.15) is 0 Å². The first-order valence-corrected chi connectivity index (χ1v) is 5.59. The Bertz CT molecular complexity index is 378. The van der Waals surface area contributed by atoms with Gasteiger partial charge in [0.25, 0.3) is 0 Å². The summed E-state index contributed by atoms with van der Waals surface area (Å²) in [5.41, 5.74) is 9.00. The van der Waals surface area contributed by atoms with Crippen LogP contribution in [0.3, 0.4) is 0 Å². The number of rotatable bonds is 1. The standard InChI is InChI=1S/C13H18FN/c1-9-8-12(14)10(2)7-11(9)13(15)5-3-4-6-13/h7-8H,3-6,15H2,1-2H3. The highest BCUT2D eigenvalue weighted by Crippen LogP contribution is 2.38. The van der Waals surface area contributed by atoms with E-state index in [0.717, 1.165) is 24.0 Å². The molecule has 0 heterocycles. The van der Waals surface area contributed by atoms with Crippen LogP contribution in [0.25, 0.3) is 0 Å². The monoisotopic (exact) mass is 207 g/mol. The van der Waals surface area contributed by atoms with Crippen molar-refractivity contribution in [2.45, 2.75) is 45.1 Å². The van der Waals surface area contributed by atoms with E-state index in [1.807, 2.05) is 13.0 Å². The zero-order valence-electron chi connectivity index (χ0n) is 9.44. The first-order valence-electron chi connectivity index (χ1n) is 5.59. The quantitative estimate of drug-likeness (QED) is 0.752. The third-order valence-electron chi connectivity index (χ3n) is 3.54. The second-order valence-corrected chi connectivity index (χ2v) is 4.78. The van der Waals surface area contributed by atoms with Gasteiger partial charge < -0.3 is 5.73 Å². The van der Waals surface area contributed by atoms with Crippen molar-refractivity contribution in [3.8, 4) is 0 Å². The molecule has 1 aromatic carbocycles. The first-order chi connectivity index (χ1) is 7.03. The summed E-state index contributed by atoms with van der Waals surface area (Å²) >= 11 is 0. The van der Waals surface area contributed by atoms with E-state index in [9.17, 15) is 4.39 Å². The Morgan fingerprint density at radius 2 is 1.73 bits per heavy atom. The molecule has 15 heavy (non-hydrogen) atoms. The number of aryl methyl sites for hydroxylation is 2. The molecule has 82 valence electrons. The molecule has 0 saturated heterocycles. The highest BCUT2D eigenvalue weighted by atomic mass is 19.1. The molecule has 0 aliphatic heterocycles. The van der Waals surface area contributed by atoms with Gasteiger partial charge in [0, 0.05) is 5.54 Å². The number of halogens is 1. The molecule has 1 saturated carbocycles. The molecule has 0 bridgehead atoms. The summed E-state index contributed by atoms with van der Waals surface area (Å²) in [5, 5.41) is 0. The smallest absolute Gasteiger partial charge is 0.126 e. The van der Waals surface area contributed by atoms with Crippen LogP contribution >= 0.6 is 0 Å². The molecule has 1 aliphatic rings. The fourth-order valence-corrected chi connectivity index (χ4v) is 2.59. The third kappa shape index (κ3) is 1.78. The predicted octanol–water partition coefficient (Wildman–Crippen LogP) is 3.17. The highest BCUT2D eigenvalue weighted by Gasteiger charge is 2.32. The van der Waals surface area contributed by atoms with Gasteiger partial charge in [-0.05, 0) is 49.4 Å². The summed E-state index contributed by atoms with van der Waals surface area (Å²) < 4.78 is 13.3. The van der Waals surface area contributed by atoms with Gasteiger partial charge in [0.15, 0.2) is 0 Å². The van der Waals surface area contributed by atoms with E-state index >= 15 is 0 Å². The second kappa shape index (κ2) is 3.60. The van der Waals surface area contributed by atoms with Crippen LogP contribution in [-0.4, -0.2) is 0 Å². The molecule has 0 radical (unpaired) electrons. The molecule has 0 aromatic heterocycles. The van der Waals surface area contributed by atoms with E-state index in [0.29, 0.717) is 5.56 Å². The minimum atomic E-state index is -0.206. The number of nitrogens with two attached hydrogens (primary N) is 1. The number of hydrogen-bond donors (Lipinski definition) is 1. The summed E-state index contributed by atoms with van der Waals surface area (Å²) in [5.74, 6) is -0.127. The van der Waals surface area contributed by atoms with Gasteiger partial charge in [-0.15, -0.1) is 0 Å². The predicted molar refractivity (Wildman–Crippen MR) is 60.2 cm³/mol. The second-order valence-electron chi connectivity index (χ2n) is 4.78. The van der Waals surface area contributed by atoms with Crippen molar-refractivity contribution in [2.75, 3.05) is 0 Å². The molecule has 0 spiro atoms. The van der Waals surface area contributed by atoms with E-state index in [-0.39, 0.29) is 11.4 Å². The van der Waals surface area contributed by atoms with Crippen molar-refractivity contribution in [3.63, 3.8) is 0 Å². The highest BCUT2D eigenvalue weighted by molar-refractivity contribution is 5.37. The Balaban J connectivity index is 2.48. The molecule has 0 unspecified atom stereocenters. The third-order valence-corrected chi connectivity index (χ3v) is 3.54. The van der Waals surface area contributed by atoms with Crippen molar-refractivity contribution < 1.29 is 4.39 Å². The fourth-order valence-electron chi connectivity index (χ4n) is 2.59. The maximum atomic E-state index is 13.3. The summed E-state index contributed by atoms with van der Waals surface area (Å²) in [7, 11) is 0. The van der Waals surface area contributed by atoms with Crippen LogP contribution in [0.5, 0.6) is 0 Å². The normalized spacial score (nSPS) is 19.5. The van der Waals surface area contributed by atoms with Crippen LogP contribution in [0.4, 0.5) is 4.39 Å². The molecule has 2 heteroatoms. The lowest BCUT2D eigenvalue weighted by molar-refractivity contribution is 0.457. The van der Waals surface area contributed by atoms with Crippen LogP contribution in [-0.2, 0) is 5.54 Å². The lowest BCUT2D eigenvalue weighted by atomic mass is 9.85. The van der Waals surface area contributed by atoms with Crippen LogP contribution in [0.2, 0.25) is 0 Å². The van der Waals surface area contributed by atoms with Crippen LogP contribution in [0, 0.1) is 19.7 Å². The van der Waals surface area contributed by atoms with Crippen molar-refractivity contribution in [2.24, 2.45) is 5.73 Å². The zero-order chi connectivity index (χ0) is 11.1. The Labute approximate surface area is 90.5 Å². The average Bonchev–Trinajstić information content (AvgIpc) is 2.60. The maximum absolute atomic E-state index is 13.3. The Hall–Kier alpha value is -0.890. The molecular weight excluding hydrogens is 189 g/mol. The molecular formula is C13H18FN. The van der Waals surface area contributed by atoms with E-state index in [1.54, 1.807) is 13.0 Å². The van der Waals surface area contributed by atoms with Crippen molar-refractivity contribution in [1.82, 2.24) is 0 Å². The average molecular weight is 207 g/mol. The molecule has 0 atom stereocenters. The van der Waals surface area contributed by atoms with Crippen LogP contribution in [0.15, 0.2) is 12.1 Å². The van der Waals surface area contributed by atoms with Crippen molar-refractivity contribution >= 4 is 0 Å². The largest absolute Gasteiger partial charge is 0.321 e. The van der Waals surface area contributed by atoms with Gasteiger partial charge in [0.1, 0.15) is 5.82 Å². The molecule has 0 amide bonds. The van der Waals surface area contributed by atoms with E-state index < -0.39 is 0 Å². The van der Waals surface area contributed by atoms with E-state index in [2.05, 4.69) is 0 Å². The molecule has 1 aromatic rings. The van der Waals surface area contributed by atoms with Gasteiger partial charge >= 0.3 is 0 Å². The Morgan fingerprint density at radius 3 is 2.33 bits per heavy atom. The van der Waals surface area contributed by atoms with Crippen LogP contribution in [0.1, 0.15) is 42.4 Å². The lowest BCUT2D eigenvalue weighted by Gasteiger charge is -2.26.